The van der Waals surface area contributed by atoms with Gasteiger partial charge in [-0.2, -0.15) is 0 Å². The average molecular weight is 361 g/mol. The van der Waals surface area contributed by atoms with E-state index in [2.05, 4.69) is 27.0 Å². The molecule has 3 rings (SSSR count). The maximum absolute atomic E-state index is 12.3. The van der Waals surface area contributed by atoms with E-state index in [4.69, 9.17) is 4.42 Å². The Morgan fingerprint density at radius 2 is 2.04 bits per heavy atom. The molecule has 0 radical (unpaired) electrons. The van der Waals surface area contributed by atoms with Gasteiger partial charge in [0.15, 0.2) is 11.7 Å². The van der Waals surface area contributed by atoms with Gasteiger partial charge >= 0.3 is 0 Å². The Bertz CT molecular complexity index is 593. The first-order valence-electron chi connectivity index (χ1n) is 9.68. The molecule has 7 nitrogen and oxygen atoms in total. The Morgan fingerprint density at radius 3 is 2.69 bits per heavy atom. The van der Waals surface area contributed by atoms with Gasteiger partial charge in [-0.25, -0.2) is 0 Å². The first-order chi connectivity index (χ1) is 12.7. The molecular formula is C19H31N5O2. The number of piperazine rings is 1. The van der Waals surface area contributed by atoms with Crippen molar-refractivity contribution < 1.29 is 9.21 Å². The zero-order valence-electron chi connectivity index (χ0n) is 16.0. The van der Waals surface area contributed by atoms with E-state index in [1.807, 2.05) is 11.9 Å². The van der Waals surface area contributed by atoms with E-state index in [0.717, 1.165) is 38.1 Å². The Hall–Kier alpha value is -2.02. The number of amides is 1. The molecule has 2 aliphatic rings. The number of hydrogen-bond acceptors (Lipinski definition) is 4. The molecule has 1 aromatic heterocycles. The first-order valence-corrected chi connectivity index (χ1v) is 9.68. The minimum atomic E-state index is -0.0307. The highest BCUT2D eigenvalue weighted by atomic mass is 16.3. The third kappa shape index (κ3) is 4.78. The van der Waals surface area contributed by atoms with Crippen molar-refractivity contribution in [2.24, 2.45) is 10.9 Å². The number of aliphatic imine (C=N–C) groups is 1. The van der Waals surface area contributed by atoms with Crippen LogP contribution in [-0.4, -0.2) is 86.0 Å². The van der Waals surface area contributed by atoms with Gasteiger partial charge in [0.05, 0.1) is 6.26 Å². The lowest BCUT2D eigenvalue weighted by Crippen LogP contribution is -2.54. The van der Waals surface area contributed by atoms with Gasteiger partial charge in [-0.05, 0) is 37.4 Å². The number of piperidine rings is 1. The molecule has 1 unspecified atom stereocenters. The molecule has 0 aliphatic carbocycles. The van der Waals surface area contributed by atoms with Crippen LogP contribution in [0.15, 0.2) is 27.8 Å². The maximum Gasteiger partial charge on any atom is 0.289 e. The largest absolute Gasteiger partial charge is 0.459 e. The second-order valence-electron chi connectivity index (χ2n) is 7.28. The molecule has 2 aliphatic heterocycles. The molecule has 1 amide bonds. The van der Waals surface area contributed by atoms with Crippen molar-refractivity contribution in [2.75, 3.05) is 59.4 Å². The summed E-state index contributed by atoms with van der Waals surface area (Å²) in [5.74, 6) is 2.12. The maximum atomic E-state index is 12.3. The van der Waals surface area contributed by atoms with E-state index in [-0.39, 0.29) is 5.91 Å². The van der Waals surface area contributed by atoms with Crippen molar-refractivity contribution in [3.63, 3.8) is 0 Å². The van der Waals surface area contributed by atoms with Crippen molar-refractivity contribution in [1.82, 2.24) is 20.0 Å². The molecule has 0 bridgehead atoms. The van der Waals surface area contributed by atoms with Crippen LogP contribution in [-0.2, 0) is 0 Å². The quantitative estimate of drug-likeness (QED) is 0.648. The van der Waals surface area contributed by atoms with Gasteiger partial charge in [0.25, 0.3) is 5.91 Å². The van der Waals surface area contributed by atoms with Gasteiger partial charge in [0.1, 0.15) is 0 Å². The highest BCUT2D eigenvalue weighted by Crippen LogP contribution is 2.14. The smallest absolute Gasteiger partial charge is 0.289 e. The molecule has 2 saturated heterocycles. The highest BCUT2D eigenvalue weighted by molar-refractivity contribution is 5.91. The van der Waals surface area contributed by atoms with E-state index in [9.17, 15) is 4.79 Å². The van der Waals surface area contributed by atoms with Crippen LogP contribution in [0.3, 0.4) is 0 Å². The number of carbonyl (C=O) groups excluding carboxylic acids is 1. The fourth-order valence-corrected chi connectivity index (χ4v) is 3.83. The molecule has 2 fully saturated rings. The lowest BCUT2D eigenvalue weighted by Gasteiger charge is -2.36. The minimum Gasteiger partial charge on any atom is -0.459 e. The summed E-state index contributed by atoms with van der Waals surface area (Å²) in [6, 6.07) is 3.47. The molecule has 144 valence electrons. The van der Waals surface area contributed by atoms with Crippen LogP contribution in [0.1, 0.15) is 30.3 Å². The third-order valence-electron chi connectivity index (χ3n) is 5.26. The van der Waals surface area contributed by atoms with Gasteiger partial charge in [-0.1, -0.05) is 6.92 Å². The van der Waals surface area contributed by atoms with E-state index < -0.39 is 0 Å². The second-order valence-corrected chi connectivity index (χ2v) is 7.28. The zero-order valence-corrected chi connectivity index (χ0v) is 16.0. The monoisotopic (exact) mass is 361 g/mol. The third-order valence-corrected chi connectivity index (χ3v) is 5.26. The lowest BCUT2D eigenvalue weighted by molar-refractivity contribution is 0.0657. The van der Waals surface area contributed by atoms with Gasteiger partial charge in [-0.15, -0.1) is 0 Å². The average Bonchev–Trinajstić information content (AvgIpc) is 3.20. The number of rotatable bonds is 4. The molecule has 1 aromatic rings. The molecular weight excluding hydrogens is 330 g/mol. The van der Waals surface area contributed by atoms with Crippen LogP contribution in [0.25, 0.3) is 0 Å². The predicted octanol–water partition coefficient (Wildman–Crippen LogP) is 1.34. The summed E-state index contributed by atoms with van der Waals surface area (Å²) >= 11 is 0. The highest BCUT2D eigenvalue weighted by Gasteiger charge is 2.25. The van der Waals surface area contributed by atoms with Crippen LogP contribution in [0.2, 0.25) is 0 Å². The van der Waals surface area contributed by atoms with Crippen LogP contribution < -0.4 is 5.32 Å². The fraction of sp³-hybridized carbons (Fsp3) is 0.684. The van der Waals surface area contributed by atoms with Gasteiger partial charge in [-0.3, -0.25) is 9.79 Å². The van der Waals surface area contributed by atoms with Crippen LogP contribution in [0, 0.1) is 5.92 Å². The molecule has 1 atom stereocenters. The van der Waals surface area contributed by atoms with Crippen molar-refractivity contribution in [1.29, 1.82) is 0 Å². The molecule has 0 aromatic carbocycles. The first kappa shape index (κ1) is 18.8. The van der Waals surface area contributed by atoms with Gasteiger partial charge < -0.3 is 24.4 Å². The molecule has 3 heterocycles. The summed E-state index contributed by atoms with van der Waals surface area (Å²) < 4.78 is 5.22. The molecule has 0 saturated carbocycles. The summed E-state index contributed by atoms with van der Waals surface area (Å²) in [5.41, 5.74) is 0. The van der Waals surface area contributed by atoms with Crippen molar-refractivity contribution in [2.45, 2.75) is 19.8 Å². The van der Waals surface area contributed by atoms with E-state index in [1.54, 1.807) is 18.4 Å². The van der Waals surface area contributed by atoms with E-state index in [0.29, 0.717) is 18.8 Å². The summed E-state index contributed by atoms with van der Waals surface area (Å²) in [6.07, 6.45) is 4.20. The summed E-state index contributed by atoms with van der Waals surface area (Å²) in [5, 5.41) is 3.49. The standard InChI is InChI=1S/C19H31N5O2/c1-16-5-3-8-22(15-16)9-7-21-19(20-2)24-12-10-23(11-13-24)18(25)17-6-4-14-26-17/h4,6,14,16H,3,5,7-13,15H2,1-2H3,(H,20,21). The van der Waals surface area contributed by atoms with Gasteiger partial charge in [0.2, 0.25) is 0 Å². The zero-order chi connectivity index (χ0) is 18.4. The minimum absolute atomic E-state index is 0.0307. The van der Waals surface area contributed by atoms with Crippen LogP contribution in [0.5, 0.6) is 0 Å². The number of likely N-dealkylation sites (tertiary alicyclic amines) is 1. The van der Waals surface area contributed by atoms with Gasteiger partial charge in [0, 0.05) is 52.9 Å². The Kier molecular flexibility index (Phi) is 6.55. The molecule has 1 N–H and O–H groups in total. The number of hydrogen-bond donors (Lipinski definition) is 1. The van der Waals surface area contributed by atoms with Crippen molar-refractivity contribution in [3.05, 3.63) is 24.2 Å². The van der Waals surface area contributed by atoms with E-state index in [1.165, 1.54) is 25.9 Å². The summed E-state index contributed by atoms with van der Waals surface area (Å²) in [4.78, 5) is 23.4. The van der Waals surface area contributed by atoms with Crippen molar-refractivity contribution in [3.8, 4) is 0 Å². The SMILES string of the molecule is CN=C(NCCN1CCCC(C)C1)N1CCN(C(=O)c2ccco2)CC1. The molecule has 0 spiro atoms. The predicted molar refractivity (Wildman–Crippen MR) is 102 cm³/mol. The Morgan fingerprint density at radius 1 is 1.27 bits per heavy atom. The normalized spacial score (nSPS) is 22.5. The van der Waals surface area contributed by atoms with E-state index >= 15 is 0 Å². The number of nitrogens with zero attached hydrogens (tertiary/aromatic N) is 4. The molecule has 26 heavy (non-hydrogen) atoms. The summed E-state index contributed by atoms with van der Waals surface area (Å²) in [7, 11) is 1.83. The molecule has 7 heteroatoms. The topological polar surface area (TPSA) is 64.3 Å². The summed E-state index contributed by atoms with van der Waals surface area (Å²) in [6.45, 7) is 9.65. The fourth-order valence-electron chi connectivity index (χ4n) is 3.83. The van der Waals surface area contributed by atoms with Crippen LogP contribution in [0.4, 0.5) is 0 Å². The Balaban J connectivity index is 1.41. The second kappa shape index (κ2) is 9.07. The number of nitrogens with one attached hydrogen (secondary N) is 1. The number of furan rings is 1. The van der Waals surface area contributed by atoms with Crippen molar-refractivity contribution >= 4 is 11.9 Å². The lowest BCUT2D eigenvalue weighted by atomic mass is 10.0. The number of carbonyl (C=O) groups is 1. The van der Waals surface area contributed by atoms with Crippen LogP contribution >= 0.6 is 0 Å². The Labute approximate surface area is 156 Å². The number of guanidine groups is 1.